The molecular weight excluding hydrogens is 220 g/mol. The highest BCUT2D eigenvalue weighted by atomic mass is 15.0. The molecule has 3 rings (SSSR count). The number of hydrogen-bond acceptors (Lipinski definition) is 1. The first-order chi connectivity index (χ1) is 8.84. The fourth-order valence-electron chi connectivity index (χ4n) is 3.09. The van der Waals surface area contributed by atoms with Crippen LogP contribution in [-0.4, -0.2) is 17.2 Å². The van der Waals surface area contributed by atoms with Gasteiger partial charge >= 0.3 is 0 Å². The van der Waals surface area contributed by atoms with Crippen LogP contribution in [0, 0.1) is 6.92 Å². The summed E-state index contributed by atoms with van der Waals surface area (Å²) in [6, 6.07) is 9.56. The van der Waals surface area contributed by atoms with E-state index >= 15 is 0 Å². The van der Waals surface area contributed by atoms with Crippen molar-refractivity contribution in [2.45, 2.75) is 45.2 Å². The Hall–Kier alpha value is -1.28. The number of fused-ring (bicyclic) bond motifs is 1. The predicted molar refractivity (Wildman–Crippen MR) is 76.9 cm³/mol. The lowest BCUT2D eigenvalue weighted by Crippen LogP contribution is -2.29. The van der Waals surface area contributed by atoms with Crippen molar-refractivity contribution in [2.75, 3.05) is 6.54 Å². The molecule has 1 fully saturated rings. The van der Waals surface area contributed by atoms with Crippen molar-refractivity contribution in [3.8, 4) is 0 Å². The van der Waals surface area contributed by atoms with Gasteiger partial charge in [-0.2, -0.15) is 0 Å². The number of benzene rings is 1. The van der Waals surface area contributed by atoms with Gasteiger partial charge in [0.25, 0.3) is 0 Å². The van der Waals surface area contributed by atoms with Crippen LogP contribution in [0.15, 0.2) is 30.5 Å². The maximum Gasteiger partial charge on any atom is 0.0483 e. The predicted octanol–water partition coefficient (Wildman–Crippen LogP) is 3.48. The van der Waals surface area contributed by atoms with E-state index in [1.807, 2.05) is 0 Å². The highest BCUT2D eigenvalue weighted by Crippen LogP contribution is 2.20. The summed E-state index contributed by atoms with van der Waals surface area (Å²) in [7, 11) is 0. The second-order valence-corrected chi connectivity index (χ2v) is 5.45. The van der Waals surface area contributed by atoms with Crippen LogP contribution in [-0.2, 0) is 6.54 Å². The summed E-state index contributed by atoms with van der Waals surface area (Å²) in [4.78, 5) is 0. The molecule has 1 N–H and O–H groups in total. The molecule has 1 aromatic carbocycles. The fourth-order valence-corrected chi connectivity index (χ4v) is 3.09. The fraction of sp³-hybridized carbons (Fsp3) is 0.500. The first-order valence-electron chi connectivity index (χ1n) is 7.12. The summed E-state index contributed by atoms with van der Waals surface area (Å²) in [5, 5.41) is 5.07. The van der Waals surface area contributed by atoms with E-state index in [2.05, 4.69) is 47.3 Å². The number of hydrogen-bond donors (Lipinski definition) is 1. The summed E-state index contributed by atoms with van der Waals surface area (Å²) in [6.07, 6.45) is 7.76. The Morgan fingerprint density at radius 1 is 1.22 bits per heavy atom. The SMILES string of the molecule is Cc1cccc2c1ccn2CCNC1CCCC1. The molecule has 0 atom stereocenters. The molecule has 0 amide bonds. The summed E-state index contributed by atoms with van der Waals surface area (Å²) in [5.74, 6) is 0. The van der Waals surface area contributed by atoms with Gasteiger partial charge in [0.15, 0.2) is 0 Å². The molecule has 0 unspecified atom stereocenters. The average Bonchev–Trinajstić information content (AvgIpc) is 3.00. The summed E-state index contributed by atoms with van der Waals surface area (Å²) >= 11 is 0. The molecule has 0 bridgehead atoms. The Morgan fingerprint density at radius 2 is 2.06 bits per heavy atom. The Bertz CT molecular complexity index is 521. The zero-order chi connectivity index (χ0) is 12.4. The summed E-state index contributed by atoms with van der Waals surface area (Å²) in [6.45, 7) is 4.34. The largest absolute Gasteiger partial charge is 0.346 e. The van der Waals surface area contributed by atoms with E-state index in [1.165, 1.54) is 42.1 Å². The van der Waals surface area contributed by atoms with E-state index in [0.717, 1.165) is 19.1 Å². The van der Waals surface area contributed by atoms with E-state index < -0.39 is 0 Å². The Balaban J connectivity index is 1.65. The second kappa shape index (κ2) is 5.15. The molecule has 1 aliphatic rings. The minimum Gasteiger partial charge on any atom is -0.346 e. The van der Waals surface area contributed by atoms with Crippen LogP contribution in [0.1, 0.15) is 31.2 Å². The van der Waals surface area contributed by atoms with Gasteiger partial charge in [0.1, 0.15) is 0 Å². The molecular formula is C16H22N2. The third-order valence-corrected chi connectivity index (χ3v) is 4.17. The van der Waals surface area contributed by atoms with Crippen LogP contribution in [0.5, 0.6) is 0 Å². The zero-order valence-electron chi connectivity index (χ0n) is 11.2. The Morgan fingerprint density at radius 3 is 2.89 bits per heavy atom. The van der Waals surface area contributed by atoms with Gasteiger partial charge in [-0.15, -0.1) is 0 Å². The first-order valence-corrected chi connectivity index (χ1v) is 7.12. The van der Waals surface area contributed by atoms with Crippen LogP contribution >= 0.6 is 0 Å². The van der Waals surface area contributed by atoms with Crippen molar-refractivity contribution in [2.24, 2.45) is 0 Å². The van der Waals surface area contributed by atoms with Crippen molar-refractivity contribution in [1.29, 1.82) is 0 Å². The molecule has 0 spiro atoms. The van der Waals surface area contributed by atoms with Gasteiger partial charge in [-0.1, -0.05) is 25.0 Å². The van der Waals surface area contributed by atoms with Gasteiger partial charge < -0.3 is 9.88 Å². The maximum atomic E-state index is 3.68. The lowest BCUT2D eigenvalue weighted by molar-refractivity contribution is 0.501. The van der Waals surface area contributed by atoms with Crippen LogP contribution in [0.25, 0.3) is 10.9 Å². The molecule has 18 heavy (non-hydrogen) atoms. The van der Waals surface area contributed by atoms with Gasteiger partial charge in [0.2, 0.25) is 0 Å². The number of nitrogens with zero attached hydrogens (tertiary/aromatic N) is 1. The molecule has 2 aromatic rings. The van der Waals surface area contributed by atoms with Crippen LogP contribution < -0.4 is 5.32 Å². The average molecular weight is 242 g/mol. The summed E-state index contributed by atoms with van der Waals surface area (Å²) < 4.78 is 2.37. The first kappa shape index (κ1) is 11.8. The van der Waals surface area contributed by atoms with Crippen molar-refractivity contribution in [3.05, 3.63) is 36.0 Å². The molecule has 2 nitrogen and oxygen atoms in total. The number of aromatic nitrogens is 1. The van der Waals surface area contributed by atoms with E-state index in [9.17, 15) is 0 Å². The lowest BCUT2D eigenvalue weighted by atomic mass is 10.1. The van der Waals surface area contributed by atoms with Crippen LogP contribution in [0.2, 0.25) is 0 Å². The monoisotopic (exact) mass is 242 g/mol. The van der Waals surface area contributed by atoms with Gasteiger partial charge in [-0.25, -0.2) is 0 Å². The molecule has 1 heterocycles. The number of nitrogens with one attached hydrogen (secondary N) is 1. The number of aryl methyl sites for hydroxylation is 1. The lowest BCUT2D eigenvalue weighted by Gasteiger charge is -2.12. The molecule has 1 aromatic heterocycles. The van der Waals surface area contributed by atoms with Crippen molar-refractivity contribution < 1.29 is 0 Å². The van der Waals surface area contributed by atoms with Gasteiger partial charge in [-0.05, 0) is 37.5 Å². The Labute approximate surface area is 109 Å². The van der Waals surface area contributed by atoms with Crippen molar-refractivity contribution in [3.63, 3.8) is 0 Å². The minimum absolute atomic E-state index is 0.772. The normalized spacial score (nSPS) is 16.7. The topological polar surface area (TPSA) is 17.0 Å². The quantitative estimate of drug-likeness (QED) is 0.868. The number of rotatable bonds is 4. The van der Waals surface area contributed by atoms with Crippen LogP contribution in [0.4, 0.5) is 0 Å². The van der Waals surface area contributed by atoms with Gasteiger partial charge in [-0.3, -0.25) is 0 Å². The maximum absolute atomic E-state index is 3.68. The van der Waals surface area contributed by atoms with E-state index in [4.69, 9.17) is 0 Å². The highest BCUT2D eigenvalue weighted by Gasteiger charge is 2.13. The van der Waals surface area contributed by atoms with Crippen LogP contribution in [0.3, 0.4) is 0 Å². The van der Waals surface area contributed by atoms with Crippen molar-refractivity contribution in [1.82, 2.24) is 9.88 Å². The molecule has 0 aliphatic heterocycles. The molecule has 96 valence electrons. The standard InChI is InChI=1S/C16H22N2/c1-13-5-4-8-16-15(13)9-11-18(16)12-10-17-14-6-2-3-7-14/h4-5,8-9,11,14,17H,2-3,6-7,10,12H2,1H3. The van der Waals surface area contributed by atoms with E-state index in [-0.39, 0.29) is 0 Å². The summed E-state index contributed by atoms with van der Waals surface area (Å²) in [5.41, 5.74) is 2.73. The third kappa shape index (κ3) is 2.30. The van der Waals surface area contributed by atoms with E-state index in [0.29, 0.717) is 0 Å². The Kier molecular flexibility index (Phi) is 3.37. The minimum atomic E-state index is 0.772. The molecule has 1 aliphatic carbocycles. The molecule has 0 radical (unpaired) electrons. The third-order valence-electron chi connectivity index (χ3n) is 4.17. The van der Waals surface area contributed by atoms with Gasteiger partial charge in [0.05, 0.1) is 0 Å². The molecule has 1 saturated carbocycles. The highest BCUT2D eigenvalue weighted by molar-refractivity contribution is 5.83. The second-order valence-electron chi connectivity index (χ2n) is 5.45. The van der Waals surface area contributed by atoms with Crippen molar-refractivity contribution >= 4 is 10.9 Å². The van der Waals surface area contributed by atoms with Gasteiger partial charge in [0, 0.05) is 36.2 Å². The smallest absolute Gasteiger partial charge is 0.0483 e. The molecule has 0 saturated heterocycles. The zero-order valence-corrected chi connectivity index (χ0v) is 11.2. The van der Waals surface area contributed by atoms with E-state index in [1.54, 1.807) is 0 Å². The molecule has 2 heteroatoms.